The average molecular weight is 329 g/mol. The number of carbonyl (C=O) groups excluding carboxylic acids is 1. The minimum absolute atomic E-state index is 0.0148. The van der Waals surface area contributed by atoms with Gasteiger partial charge in [0.25, 0.3) is 0 Å². The molecule has 4 N–H and O–H groups in total. The Hall–Kier alpha value is -1.55. The van der Waals surface area contributed by atoms with Gasteiger partial charge in [-0.25, -0.2) is 8.42 Å². The molecule has 2 rings (SSSR count). The lowest BCUT2D eigenvalue weighted by atomic mass is 10.2. The number of benzene rings is 1. The molecule has 0 bridgehead atoms. The molecular weight excluding hydrogens is 314 g/mol. The molecule has 0 aromatic heterocycles. The summed E-state index contributed by atoms with van der Waals surface area (Å²) in [5.74, 6) is -0.747. The van der Waals surface area contributed by atoms with E-state index in [2.05, 4.69) is 0 Å². The van der Waals surface area contributed by atoms with Gasteiger partial charge >= 0.3 is 0 Å². The Morgan fingerprint density at radius 3 is 2.71 bits per heavy atom. The number of morpholine rings is 1. The van der Waals surface area contributed by atoms with Gasteiger partial charge in [0.05, 0.1) is 18.1 Å². The van der Waals surface area contributed by atoms with Crippen molar-refractivity contribution in [3.63, 3.8) is 0 Å². The Morgan fingerprint density at radius 1 is 1.38 bits per heavy atom. The van der Waals surface area contributed by atoms with Gasteiger partial charge in [0.2, 0.25) is 15.9 Å². The maximum Gasteiger partial charge on any atom is 0.243 e. The SMILES string of the molecule is NC(=O)C1COCCN1S(=O)(=O)c1cccc(C(N)=S)c1. The van der Waals surface area contributed by atoms with Gasteiger partial charge < -0.3 is 16.2 Å². The molecule has 1 aliphatic rings. The summed E-state index contributed by atoms with van der Waals surface area (Å²) in [4.78, 5) is 11.5. The van der Waals surface area contributed by atoms with Gasteiger partial charge in [-0.15, -0.1) is 0 Å². The second kappa shape index (κ2) is 6.06. The van der Waals surface area contributed by atoms with Gasteiger partial charge in [-0.2, -0.15) is 4.31 Å². The molecule has 1 aromatic rings. The highest BCUT2D eigenvalue weighted by atomic mass is 32.2. The zero-order valence-corrected chi connectivity index (χ0v) is 12.7. The average Bonchev–Trinajstić information content (AvgIpc) is 2.47. The summed E-state index contributed by atoms with van der Waals surface area (Å²) in [6.07, 6.45) is 0. The Morgan fingerprint density at radius 2 is 2.10 bits per heavy atom. The summed E-state index contributed by atoms with van der Waals surface area (Å²) in [7, 11) is -3.87. The van der Waals surface area contributed by atoms with Gasteiger partial charge in [-0.3, -0.25) is 4.79 Å². The van der Waals surface area contributed by atoms with E-state index in [-0.39, 0.29) is 29.6 Å². The van der Waals surface area contributed by atoms with Crippen molar-refractivity contribution in [2.75, 3.05) is 19.8 Å². The standard InChI is InChI=1S/C12H15N3O4S2/c13-11(16)10-7-19-5-4-15(10)21(17,18)9-3-1-2-8(6-9)12(14)20/h1-3,6,10H,4-5,7H2,(H2,13,16)(H2,14,20). The smallest absolute Gasteiger partial charge is 0.243 e. The summed E-state index contributed by atoms with van der Waals surface area (Å²) in [6.45, 7) is 0.217. The minimum Gasteiger partial charge on any atom is -0.389 e. The number of sulfonamides is 1. The van der Waals surface area contributed by atoms with E-state index in [4.69, 9.17) is 28.4 Å². The number of hydrogen-bond acceptors (Lipinski definition) is 5. The molecule has 1 aromatic carbocycles. The van der Waals surface area contributed by atoms with Crippen LogP contribution < -0.4 is 11.5 Å². The van der Waals surface area contributed by atoms with Gasteiger partial charge in [0.15, 0.2) is 0 Å². The summed E-state index contributed by atoms with van der Waals surface area (Å²) >= 11 is 4.84. The first kappa shape index (κ1) is 15.8. The van der Waals surface area contributed by atoms with Crippen LogP contribution in [0.1, 0.15) is 5.56 Å². The highest BCUT2D eigenvalue weighted by Crippen LogP contribution is 2.21. The zero-order chi connectivity index (χ0) is 15.6. The number of carbonyl (C=O) groups is 1. The summed E-state index contributed by atoms with van der Waals surface area (Å²) in [5, 5.41) is 0. The molecule has 1 amide bonds. The molecule has 21 heavy (non-hydrogen) atoms. The van der Waals surface area contributed by atoms with Gasteiger partial charge in [-0.05, 0) is 12.1 Å². The molecule has 9 heteroatoms. The lowest BCUT2D eigenvalue weighted by molar-refractivity contribution is -0.125. The van der Waals surface area contributed by atoms with Crippen molar-refractivity contribution in [1.29, 1.82) is 0 Å². The summed E-state index contributed by atoms with van der Waals surface area (Å²) in [6, 6.07) is 4.94. The lowest BCUT2D eigenvalue weighted by Gasteiger charge is -2.32. The van der Waals surface area contributed by atoms with Crippen molar-refractivity contribution < 1.29 is 17.9 Å². The Balaban J connectivity index is 2.43. The zero-order valence-electron chi connectivity index (χ0n) is 11.1. The Labute approximate surface area is 127 Å². The molecule has 1 aliphatic heterocycles. The Kier molecular flexibility index (Phi) is 4.57. The molecule has 1 fully saturated rings. The van der Waals surface area contributed by atoms with Crippen molar-refractivity contribution in [2.45, 2.75) is 10.9 Å². The Bertz CT molecular complexity index is 675. The fourth-order valence-corrected chi connectivity index (χ4v) is 3.78. The fourth-order valence-electron chi connectivity index (χ4n) is 2.05. The van der Waals surface area contributed by atoms with Crippen LogP contribution in [0.5, 0.6) is 0 Å². The van der Waals surface area contributed by atoms with Crippen molar-refractivity contribution in [2.24, 2.45) is 11.5 Å². The highest BCUT2D eigenvalue weighted by molar-refractivity contribution is 7.89. The van der Waals surface area contributed by atoms with Crippen LogP contribution in [0, 0.1) is 0 Å². The van der Waals surface area contributed by atoms with Crippen LogP contribution in [0.4, 0.5) is 0 Å². The maximum atomic E-state index is 12.7. The van der Waals surface area contributed by atoms with Crippen LogP contribution in [0.3, 0.4) is 0 Å². The van der Waals surface area contributed by atoms with E-state index in [1.165, 1.54) is 12.1 Å². The number of rotatable bonds is 4. The quantitative estimate of drug-likeness (QED) is 0.698. The number of ether oxygens (including phenoxy) is 1. The first-order valence-corrected chi connectivity index (χ1v) is 7.97. The molecular formula is C12H15N3O4S2. The third-order valence-corrected chi connectivity index (χ3v) is 5.27. The van der Waals surface area contributed by atoms with E-state index in [0.29, 0.717) is 5.56 Å². The van der Waals surface area contributed by atoms with Crippen LogP contribution in [0.2, 0.25) is 0 Å². The van der Waals surface area contributed by atoms with Crippen molar-refractivity contribution in [1.82, 2.24) is 4.31 Å². The van der Waals surface area contributed by atoms with Crippen LogP contribution in [-0.4, -0.2) is 49.4 Å². The van der Waals surface area contributed by atoms with Gasteiger partial charge in [0, 0.05) is 12.1 Å². The van der Waals surface area contributed by atoms with E-state index >= 15 is 0 Å². The van der Waals surface area contributed by atoms with Crippen LogP contribution in [-0.2, 0) is 19.6 Å². The number of amides is 1. The molecule has 114 valence electrons. The monoisotopic (exact) mass is 329 g/mol. The second-order valence-electron chi connectivity index (χ2n) is 4.50. The van der Waals surface area contributed by atoms with E-state index < -0.39 is 22.0 Å². The maximum absolute atomic E-state index is 12.7. The molecule has 1 heterocycles. The number of nitrogens with zero attached hydrogens (tertiary/aromatic N) is 1. The minimum atomic E-state index is -3.87. The van der Waals surface area contributed by atoms with Crippen LogP contribution in [0.15, 0.2) is 29.2 Å². The van der Waals surface area contributed by atoms with Crippen molar-refractivity contribution in [3.8, 4) is 0 Å². The second-order valence-corrected chi connectivity index (χ2v) is 6.83. The molecule has 0 spiro atoms. The van der Waals surface area contributed by atoms with Crippen molar-refractivity contribution in [3.05, 3.63) is 29.8 Å². The first-order chi connectivity index (χ1) is 9.84. The molecule has 0 saturated carbocycles. The van der Waals surface area contributed by atoms with Gasteiger partial charge in [-0.1, -0.05) is 24.4 Å². The molecule has 1 saturated heterocycles. The normalized spacial score (nSPS) is 20.1. The third kappa shape index (κ3) is 3.21. The molecule has 0 radical (unpaired) electrons. The number of thiocarbonyl (C=S) groups is 1. The van der Waals surface area contributed by atoms with E-state index in [0.717, 1.165) is 4.31 Å². The van der Waals surface area contributed by atoms with Crippen LogP contribution >= 0.6 is 12.2 Å². The third-order valence-electron chi connectivity index (χ3n) is 3.13. The fraction of sp³-hybridized carbons (Fsp3) is 0.333. The lowest BCUT2D eigenvalue weighted by Crippen LogP contribution is -2.54. The summed E-state index contributed by atoms with van der Waals surface area (Å²) in [5.41, 5.74) is 11.2. The predicted octanol–water partition coefficient (Wildman–Crippen LogP) is -0.804. The highest BCUT2D eigenvalue weighted by Gasteiger charge is 2.37. The number of nitrogens with two attached hydrogens (primary N) is 2. The van der Waals surface area contributed by atoms with Crippen molar-refractivity contribution >= 4 is 33.1 Å². The molecule has 0 aliphatic carbocycles. The number of hydrogen-bond donors (Lipinski definition) is 2. The molecule has 7 nitrogen and oxygen atoms in total. The summed E-state index contributed by atoms with van der Waals surface area (Å²) < 4.78 is 31.5. The molecule has 1 atom stereocenters. The number of primary amides is 1. The predicted molar refractivity (Wildman–Crippen MR) is 80.0 cm³/mol. The van der Waals surface area contributed by atoms with E-state index in [1.54, 1.807) is 12.1 Å². The van der Waals surface area contributed by atoms with E-state index in [1.807, 2.05) is 0 Å². The first-order valence-electron chi connectivity index (χ1n) is 6.13. The van der Waals surface area contributed by atoms with E-state index in [9.17, 15) is 13.2 Å². The molecule has 1 unspecified atom stereocenters. The topological polar surface area (TPSA) is 116 Å². The largest absolute Gasteiger partial charge is 0.389 e. The van der Waals surface area contributed by atoms with Gasteiger partial charge in [0.1, 0.15) is 11.0 Å². The van der Waals surface area contributed by atoms with Crippen LogP contribution in [0.25, 0.3) is 0 Å².